The summed E-state index contributed by atoms with van der Waals surface area (Å²) in [5.74, 6) is -1.07. The van der Waals surface area contributed by atoms with Gasteiger partial charge in [-0.1, -0.05) is 0 Å². The first kappa shape index (κ1) is 43.6. The van der Waals surface area contributed by atoms with Gasteiger partial charge >= 0.3 is 0 Å². The summed E-state index contributed by atoms with van der Waals surface area (Å²) < 4.78 is 35.5. The van der Waals surface area contributed by atoms with Crippen LogP contribution >= 0.6 is 0 Å². The predicted molar refractivity (Wildman–Crippen MR) is 226 cm³/mol. The zero-order valence-electron chi connectivity index (χ0n) is 35.1. The number of carbonyl (C=O) groups excluding carboxylic acids is 6. The molecule has 0 unspecified atom stereocenters. The van der Waals surface area contributed by atoms with E-state index in [1.54, 1.807) is 0 Å². The van der Waals surface area contributed by atoms with Crippen LogP contribution < -0.4 is 60.3 Å². The lowest BCUT2D eigenvalue weighted by Crippen LogP contribution is -2.38. The van der Waals surface area contributed by atoms with Gasteiger partial charge in [0.05, 0.1) is 21.3 Å². The molecular formula is C45H48N6O12. The Hall–Kier alpha value is -7.50. The lowest BCUT2D eigenvalue weighted by Gasteiger charge is -2.18. The Morgan fingerprint density at radius 3 is 0.889 bits per heavy atom. The molecule has 0 spiro atoms. The quantitative estimate of drug-likeness (QED) is 0.150. The predicted octanol–water partition coefficient (Wildman–Crippen LogP) is 1.20. The van der Waals surface area contributed by atoms with Gasteiger partial charge in [-0.2, -0.15) is 0 Å². The molecule has 63 heavy (non-hydrogen) atoms. The number of nitrogens with one attached hydrogen (secondary N) is 6. The van der Waals surface area contributed by atoms with E-state index < -0.39 is 35.4 Å². The summed E-state index contributed by atoms with van der Waals surface area (Å²) in [4.78, 5) is 79.2. The van der Waals surface area contributed by atoms with Crippen LogP contribution in [0.3, 0.4) is 0 Å². The van der Waals surface area contributed by atoms with Gasteiger partial charge in [0.1, 0.15) is 0 Å². The second kappa shape index (κ2) is 19.9. The maximum absolute atomic E-state index is 13.4. The maximum Gasteiger partial charge on any atom is 0.258 e. The summed E-state index contributed by atoms with van der Waals surface area (Å²) in [6, 6.07) is 15.1. The van der Waals surface area contributed by atoms with Gasteiger partial charge in [-0.05, 0) is 107 Å². The molecule has 0 radical (unpaired) electrons. The van der Waals surface area contributed by atoms with Crippen LogP contribution in [0.2, 0.25) is 0 Å². The zero-order valence-corrected chi connectivity index (χ0v) is 35.1. The second-order valence-electron chi connectivity index (χ2n) is 14.8. The Morgan fingerprint density at radius 1 is 0.365 bits per heavy atom. The molecule has 4 aromatic rings. The lowest BCUT2D eigenvalue weighted by atomic mass is 9.94. The molecule has 0 fully saturated rings. The number of ether oxygens (including phenoxy) is 6. The van der Waals surface area contributed by atoms with Crippen molar-refractivity contribution in [2.75, 3.05) is 80.4 Å². The molecule has 18 nitrogen and oxygen atoms in total. The highest BCUT2D eigenvalue weighted by Gasteiger charge is 2.24. The van der Waals surface area contributed by atoms with E-state index in [2.05, 4.69) is 31.9 Å². The third-order valence-electron chi connectivity index (χ3n) is 10.6. The van der Waals surface area contributed by atoms with Gasteiger partial charge in [-0.25, -0.2) is 0 Å². The molecule has 1 aliphatic carbocycles. The normalized spacial score (nSPS) is 16.4. The third kappa shape index (κ3) is 10.7. The minimum Gasteiger partial charge on any atom is -0.493 e. The molecule has 11 rings (SSSR count). The van der Waals surface area contributed by atoms with E-state index in [0.29, 0.717) is 53.8 Å². The number of carbonyl (C=O) groups is 6. The maximum atomic E-state index is 13.4. The van der Waals surface area contributed by atoms with Crippen LogP contribution in [0.5, 0.6) is 34.5 Å². The number of rotatable bonds is 3. The van der Waals surface area contributed by atoms with Gasteiger partial charge in [0.2, 0.25) is 0 Å². The highest BCUT2D eigenvalue weighted by atomic mass is 16.5. The van der Waals surface area contributed by atoms with Gasteiger partial charge in [0, 0.05) is 56.0 Å². The van der Waals surface area contributed by atoms with E-state index in [-0.39, 0.29) is 75.8 Å². The molecule has 6 N–H and O–H groups in total. The highest BCUT2D eigenvalue weighted by molar-refractivity contribution is 6.04. The molecule has 7 aliphatic rings. The summed E-state index contributed by atoms with van der Waals surface area (Å²) >= 11 is 0. The summed E-state index contributed by atoms with van der Waals surface area (Å²) in [7, 11) is 4.52. The van der Waals surface area contributed by atoms with E-state index in [0.717, 1.165) is 33.4 Å². The van der Waals surface area contributed by atoms with Crippen molar-refractivity contribution in [1.29, 1.82) is 0 Å². The van der Waals surface area contributed by atoms with E-state index in [9.17, 15) is 28.8 Å². The van der Waals surface area contributed by atoms with Gasteiger partial charge in [-0.3, -0.25) is 28.8 Å². The average molecular weight is 865 g/mol. The van der Waals surface area contributed by atoms with Crippen LogP contribution in [0.4, 0.5) is 0 Å². The first-order valence-electron chi connectivity index (χ1n) is 20.3. The molecule has 12 bridgehead atoms. The molecule has 330 valence electrons. The van der Waals surface area contributed by atoms with Crippen LogP contribution in [0.25, 0.3) is 0 Å². The van der Waals surface area contributed by atoms with Crippen LogP contribution in [0, 0.1) is 0 Å². The Balaban J connectivity index is 1.34. The Morgan fingerprint density at radius 2 is 0.619 bits per heavy atom. The minimum absolute atomic E-state index is 0.00139. The molecule has 0 saturated carbocycles. The van der Waals surface area contributed by atoms with Crippen LogP contribution in [0.15, 0.2) is 54.6 Å². The first-order valence-corrected chi connectivity index (χ1v) is 20.3. The summed E-state index contributed by atoms with van der Waals surface area (Å²) in [5, 5.41) is 16.3. The van der Waals surface area contributed by atoms with Gasteiger partial charge in [0.25, 0.3) is 35.4 Å². The molecule has 0 aromatic heterocycles. The van der Waals surface area contributed by atoms with E-state index >= 15 is 0 Å². The molecule has 4 aromatic carbocycles. The van der Waals surface area contributed by atoms with Crippen molar-refractivity contribution < 1.29 is 57.2 Å². The van der Waals surface area contributed by atoms with E-state index in [1.807, 2.05) is 36.4 Å². The minimum atomic E-state index is -0.609. The molecule has 0 atom stereocenters. The smallest absolute Gasteiger partial charge is 0.258 e. The number of hydrogen-bond acceptors (Lipinski definition) is 12. The van der Waals surface area contributed by atoms with Crippen molar-refractivity contribution in [2.24, 2.45) is 0 Å². The van der Waals surface area contributed by atoms with Gasteiger partial charge in [-0.15, -0.1) is 0 Å². The van der Waals surface area contributed by atoms with E-state index in [4.69, 9.17) is 28.4 Å². The van der Waals surface area contributed by atoms with Crippen LogP contribution in [-0.2, 0) is 33.6 Å². The monoisotopic (exact) mass is 864 g/mol. The van der Waals surface area contributed by atoms with Crippen molar-refractivity contribution >= 4 is 35.4 Å². The fourth-order valence-electron chi connectivity index (χ4n) is 7.40. The van der Waals surface area contributed by atoms with Crippen molar-refractivity contribution in [1.82, 2.24) is 31.9 Å². The highest BCUT2D eigenvalue weighted by Crippen LogP contribution is 2.41. The van der Waals surface area contributed by atoms with Crippen molar-refractivity contribution in [2.45, 2.75) is 19.3 Å². The Kier molecular flexibility index (Phi) is 13.8. The molecular weight excluding hydrogens is 817 g/mol. The zero-order chi connectivity index (χ0) is 44.5. The fraction of sp³-hybridized carbons (Fsp3) is 0.333. The van der Waals surface area contributed by atoms with Gasteiger partial charge in [0.15, 0.2) is 54.3 Å². The number of hydrogen-bond donors (Lipinski definition) is 6. The molecule has 0 saturated heterocycles. The Labute approximate surface area is 362 Å². The average Bonchev–Trinajstić information content (AvgIpc) is 3.34. The van der Waals surface area contributed by atoms with Crippen LogP contribution in [-0.4, -0.2) is 116 Å². The standard InChI is InChI=1S/C45H48N6O12/c1-58-34-16-25-10-29-20-38-36(60-3)18-27(29)12-30-21-39-35(59-2)17-26(30)11-28(25)19-37(34)61-22-40(52)46-4-7-49-43(55)31-13-32(44(56)50-8-5-47-41(53)23-62-38)15-33(14-31)45(57)51-9-6-48-42(54)24-63-39/h13-21H,4-12,22-24H2,1-3H3,(H,46,52)(H,47,53)(H,48,54)(H,49,55)(H,50,56)(H,51,57). The number of fused-ring (bicyclic) bond motifs is 3. The molecule has 6 aliphatic heterocycles. The molecule has 6 heterocycles. The number of benzene rings is 4. The van der Waals surface area contributed by atoms with E-state index in [1.165, 1.54) is 39.5 Å². The van der Waals surface area contributed by atoms with Crippen molar-refractivity contribution in [3.8, 4) is 34.5 Å². The first-order chi connectivity index (χ1) is 30.5. The molecule has 18 heteroatoms. The third-order valence-corrected chi connectivity index (χ3v) is 10.6. The second-order valence-corrected chi connectivity index (χ2v) is 14.8. The Bertz CT molecular complexity index is 2180. The van der Waals surface area contributed by atoms with Crippen molar-refractivity contribution in [3.63, 3.8) is 0 Å². The molecule has 6 amide bonds. The summed E-state index contributed by atoms with van der Waals surface area (Å²) in [6.45, 7) is -0.941. The van der Waals surface area contributed by atoms with Crippen molar-refractivity contribution in [3.05, 3.63) is 105 Å². The SMILES string of the molecule is COc1cc2c3cc1OCC(=O)NCCNC(=O)c1cc4cc(c1)C(=O)NCCNC(=O)COc1cc(c(cc1OC)Cc1cc(c(OC)cc1C3)OCC(=O)NCCNC4=O)C2. The largest absolute Gasteiger partial charge is 0.493 e. The number of methoxy groups -OCH3 is 3. The topological polar surface area (TPSA) is 230 Å². The fourth-order valence-corrected chi connectivity index (χ4v) is 7.40. The lowest BCUT2D eigenvalue weighted by molar-refractivity contribution is -0.123. The van der Waals surface area contributed by atoms with Crippen LogP contribution in [0.1, 0.15) is 64.5 Å². The summed E-state index contributed by atoms with van der Waals surface area (Å²) in [5.41, 5.74) is 5.23. The van der Waals surface area contributed by atoms with Gasteiger partial charge < -0.3 is 60.3 Å². The summed E-state index contributed by atoms with van der Waals surface area (Å²) in [6.07, 6.45) is 1.21. The number of amides is 6.